The quantitative estimate of drug-likeness (QED) is 0.568. The second-order valence-corrected chi connectivity index (χ2v) is 7.59. The summed E-state index contributed by atoms with van der Waals surface area (Å²) in [7, 11) is 3.95. The highest BCUT2D eigenvalue weighted by atomic mass is 35.5. The number of carbonyl (C=O) groups is 1. The summed E-state index contributed by atoms with van der Waals surface area (Å²) < 4.78 is 0.540. The van der Waals surface area contributed by atoms with Crippen LogP contribution in [-0.4, -0.2) is 24.3 Å². The summed E-state index contributed by atoms with van der Waals surface area (Å²) >= 11 is 12.6. The first kappa shape index (κ1) is 17.0. The van der Waals surface area contributed by atoms with Gasteiger partial charge in [0.25, 0.3) is 5.91 Å². The third-order valence-electron chi connectivity index (χ3n) is 3.59. The van der Waals surface area contributed by atoms with Crippen molar-refractivity contribution in [2.24, 2.45) is 0 Å². The lowest BCUT2D eigenvalue weighted by atomic mass is 10.2. The van der Waals surface area contributed by atoms with Crippen molar-refractivity contribution < 1.29 is 4.79 Å². The number of rotatable bonds is 3. The van der Waals surface area contributed by atoms with Gasteiger partial charge < -0.3 is 4.90 Å². The van der Waals surface area contributed by atoms with E-state index in [9.17, 15) is 4.79 Å². The number of hydrogen-bond donors (Lipinski definition) is 0. The minimum absolute atomic E-state index is 0.0995. The van der Waals surface area contributed by atoms with Gasteiger partial charge in [0, 0.05) is 24.8 Å². The zero-order valence-corrected chi connectivity index (χ0v) is 15.6. The number of anilines is 2. The first-order chi connectivity index (χ1) is 11.5. The third kappa shape index (κ3) is 3.48. The number of nitrogens with zero attached hydrogens (tertiary/aromatic N) is 2. The van der Waals surface area contributed by atoms with Crippen LogP contribution >= 0.6 is 35.6 Å². The summed E-state index contributed by atoms with van der Waals surface area (Å²) in [5.41, 5.74) is 2.77. The van der Waals surface area contributed by atoms with Crippen molar-refractivity contribution in [2.45, 2.75) is 0 Å². The van der Waals surface area contributed by atoms with Crippen LogP contribution in [0.1, 0.15) is 5.56 Å². The van der Waals surface area contributed by atoms with Gasteiger partial charge >= 0.3 is 0 Å². The molecule has 1 amide bonds. The Morgan fingerprint density at radius 3 is 2.29 bits per heavy atom. The van der Waals surface area contributed by atoms with Gasteiger partial charge in [-0.3, -0.25) is 9.69 Å². The average molecular weight is 375 g/mol. The number of carbonyl (C=O) groups excluding carboxylic acids is 1. The molecule has 1 fully saturated rings. The van der Waals surface area contributed by atoms with Crippen molar-refractivity contribution in [1.29, 1.82) is 0 Å². The molecule has 1 aliphatic rings. The van der Waals surface area contributed by atoms with Crippen LogP contribution in [0.15, 0.2) is 53.4 Å². The number of thiocarbonyl (C=S) groups is 1. The Hall–Kier alpha value is -1.82. The van der Waals surface area contributed by atoms with Crippen LogP contribution in [0.5, 0.6) is 0 Å². The molecule has 0 spiro atoms. The molecule has 6 heteroatoms. The molecular weight excluding hydrogens is 360 g/mol. The van der Waals surface area contributed by atoms with Gasteiger partial charge in [0.05, 0.1) is 10.6 Å². The molecule has 0 radical (unpaired) electrons. The van der Waals surface area contributed by atoms with E-state index in [-0.39, 0.29) is 5.91 Å². The number of thioether (sulfide) groups is 1. The number of amides is 1. The Morgan fingerprint density at radius 1 is 1.08 bits per heavy atom. The zero-order valence-electron chi connectivity index (χ0n) is 13.2. The molecule has 0 aromatic heterocycles. The van der Waals surface area contributed by atoms with Gasteiger partial charge in [-0.1, -0.05) is 47.7 Å². The normalized spacial score (nSPS) is 16.1. The van der Waals surface area contributed by atoms with Gasteiger partial charge in [-0.05, 0) is 48.0 Å². The molecule has 24 heavy (non-hydrogen) atoms. The molecule has 3 rings (SSSR count). The van der Waals surface area contributed by atoms with E-state index in [2.05, 4.69) is 0 Å². The van der Waals surface area contributed by atoms with Gasteiger partial charge in [-0.25, -0.2) is 0 Å². The number of halogens is 1. The van der Waals surface area contributed by atoms with Crippen LogP contribution < -0.4 is 9.80 Å². The highest BCUT2D eigenvalue weighted by molar-refractivity contribution is 8.27. The second kappa shape index (κ2) is 6.97. The predicted molar refractivity (Wildman–Crippen MR) is 108 cm³/mol. The van der Waals surface area contributed by atoms with E-state index in [1.807, 2.05) is 61.5 Å². The van der Waals surface area contributed by atoms with E-state index in [1.165, 1.54) is 11.8 Å². The van der Waals surface area contributed by atoms with Gasteiger partial charge in [0.2, 0.25) is 0 Å². The molecule has 0 aliphatic carbocycles. The fourth-order valence-corrected chi connectivity index (χ4v) is 3.73. The van der Waals surface area contributed by atoms with Crippen LogP contribution in [0.4, 0.5) is 11.4 Å². The average Bonchev–Trinajstić information content (AvgIpc) is 2.83. The molecule has 1 saturated heterocycles. The Labute approximate surface area is 155 Å². The Morgan fingerprint density at radius 2 is 1.71 bits per heavy atom. The summed E-state index contributed by atoms with van der Waals surface area (Å²) in [4.78, 5) is 16.9. The Balaban J connectivity index is 1.87. The summed E-state index contributed by atoms with van der Waals surface area (Å²) in [6, 6.07) is 15.1. The fraction of sp³-hybridized carbons (Fsp3) is 0.111. The molecule has 0 unspecified atom stereocenters. The highest BCUT2D eigenvalue weighted by Gasteiger charge is 2.33. The lowest BCUT2D eigenvalue weighted by Gasteiger charge is -2.17. The number of benzene rings is 2. The standard InChI is InChI=1S/C18H15ClN2OS2/c1-20(2)14-7-9-15(10-8-14)21-17(22)16(24-18(21)23)11-12-3-5-13(19)6-4-12/h3-11H,1-2H3/b16-11-. The Kier molecular flexibility index (Phi) is 4.94. The number of hydrogen-bond acceptors (Lipinski definition) is 4. The zero-order chi connectivity index (χ0) is 17.3. The van der Waals surface area contributed by atoms with E-state index in [4.69, 9.17) is 23.8 Å². The van der Waals surface area contributed by atoms with E-state index in [0.29, 0.717) is 14.2 Å². The maximum absolute atomic E-state index is 12.7. The van der Waals surface area contributed by atoms with Crippen LogP contribution in [0.3, 0.4) is 0 Å². The molecule has 0 saturated carbocycles. The van der Waals surface area contributed by atoms with E-state index >= 15 is 0 Å². The van der Waals surface area contributed by atoms with E-state index in [0.717, 1.165) is 16.9 Å². The SMILES string of the molecule is CN(C)c1ccc(N2C(=O)/C(=C/c3ccc(Cl)cc3)SC2=S)cc1. The minimum Gasteiger partial charge on any atom is -0.378 e. The molecular formula is C18H15ClN2OS2. The second-order valence-electron chi connectivity index (χ2n) is 5.48. The smallest absolute Gasteiger partial charge is 0.270 e. The van der Waals surface area contributed by atoms with Gasteiger partial charge in [-0.15, -0.1) is 0 Å². The predicted octanol–water partition coefficient (Wildman–Crippen LogP) is 4.81. The summed E-state index contributed by atoms with van der Waals surface area (Å²) in [6.07, 6.45) is 1.84. The molecule has 1 heterocycles. The first-order valence-electron chi connectivity index (χ1n) is 7.26. The van der Waals surface area contributed by atoms with Crippen molar-refractivity contribution in [2.75, 3.05) is 23.9 Å². The summed E-state index contributed by atoms with van der Waals surface area (Å²) in [5.74, 6) is -0.0995. The maximum atomic E-state index is 12.7. The summed E-state index contributed by atoms with van der Waals surface area (Å²) in [6.45, 7) is 0. The molecule has 122 valence electrons. The molecule has 0 bridgehead atoms. The largest absolute Gasteiger partial charge is 0.378 e. The monoisotopic (exact) mass is 374 g/mol. The molecule has 0 N–H and O–H groups in total. The van der Waals surface area contributed by atoms with Crippen molar-refractivity contribution in [1.82, 2.24) is 0 Å². The van der Waals surface area contributed by atoms with E-state index in [1.54, 1.807) is 17.0 Å². The Bertz CT molecular complexity index is 814. The first-order valence-corrected chi connectivity index (χ1v) is 8.87. The topological polar surface area (TPSA) is 23.6 Å². The molecule has 0 atom stereocenters. The van der Waals surface area contributed by atoms with Crippen LogP contribution in [0.2, 0.25) is 5.02 Å². The molecule has 2 aromatic carbocycles. The molecule has 3 nitrogen and oxygen atoms in total. The minimum atomic E-state index is -0.0995. The van der Waals surface area contributed by atoms with Gasteiger partial charge in [0.1, 0.15) is 0 Å². The van der Waals surface area contributed by atoms with Crippen LogP contribution in [0, 0.1) is 0 Å². The van der Waals surface area contributed by atoms with Crippen molar-refractivity contribution in [3.63, 3.8) is 0 Å². The fourth-order valence-electron chi connectivity index (χ4n) is 2.30. The lowest BCUT2D eigenvalue weighted by Crippen LogP contribution is -2.27. The lowest BCUT2D eigenvalue weighted by molar-refractivity contribution is -0.113. The third-order valence-corrected chi connectivity index (χ3v) is 5.14. The van der Waals surface area contributed by atoms with Crippen molar-refractivity contribution in [3.8, 4) is 0 Å². The molecule has 1 aliphatic heterocycles. The van der Waals surface area contributed by atoms with Crippen LogP contribution in [-0.2, 0) is 4.79 Å². The van der Waals surface area contributed by atoms with Crippen molar-refractivity contribution in [3.05, 3.63) is 64.0 Å². The van der Waals surface area contributed by atoms with Gasteiger partial charge in [0.15, 0.2) is 4.32 Å². The molecule has 2 aromatic rings. The van der Waals surface area contributed by atoms with Crippen LogP contribution in [0.25, 0.3) is 6.08 Å². The van der Waals surface area contributed by atoms with Gasteiger partial charge in [-0.2, -0.15) is 0 Å². The summed E-state index contributed by atoms with van der Waals surface area (Å²) in [5, 5.41) is 0.667. The van der Waals surface area contributed by atoms with Crippen molar-refractivity contribution >= 4 is 63.3 Å². The van der Waals surface area contributed by atoms with E-state index < -0.39 is 0 Å². The maximum Gasteiger partial charge on any atom is 0.270 e. The highest BCUT2D eigenvalue weighted by Crippen LogP contribution is 2.36.